The summed E-state index contributed by atoms with van der Waals surface area (Å²) in [4.78, 5) is 39.7. The van der Waals surface area contributed by atoms with Crippen molar-refractivity contribution in [3.05, 3.63) is 108 Å². The monoisotopic (exact) mass is 493 g/mol. The number of amides is 1. The average Bonchev–Trinajstić information content (AvgIpc) is 3.18. The molecule has 1 aliphatic heterocycles. The molecule has 5 rings (SSSR count). The molecule has 1 heterocycles. The van der Waals surface area contributed by atoms with Gasteiger partial charge in [-0.25, -0.2) is 0 Å². The number of hydrogen-bond acceptors (Lipinski definition) is 6. The molecular formula is C30H23NO6. The Bertz CT molecular complexity index is 1570. The number of rotatable bonds is 5. The van der Waals surface area contributed by atoms with Crippen molar-refractivity contribution in [1.82, 2.24) is 0 Å². The van der Waals surface area contributed by atoms with Crippen molar-refractivity contribution in [3.63, 3.8) is 0 Å². The first kappa shape index (κ1) is 23.8. The van der Waals surface area contributed by atoms with Crippen LogP contribution < -0.4 is 14.4 Å². The highest BCUT2D eigenvalue weighted by Crippen LogP contribution is 2.43. The van der Waals surface area contributed by atoms with Crippen molar-refractivity contribution >= 4 is 39.9 Å². The number of fused-ring (bicyclic) bond motifs is 1. The average molecular weight is 494 g/mol. The molecule has 0 aromatic heterocycles. The largest absolute Gasteiger partial charge is 0.507 e. The fourth-order valence-corrected chi connectivity index (χ4v) is 4.56. The van der Waals surface area contributed by atoms with Gasteiger partial charge in [0.2, 0.25) is 0 Å². The SMILES string of the molecule is COc1ccc(N2C(=O)C(=O)/C(=C(\O)c3ccc4ccccc4c3)C2c2cccc(OC(C)=O)c2)cc1. The lowest BCUT2D eigenvalue weighted by Crippen LogP contribution is -2.29. The van der Waals surface area contributed by atoms with Crippen LogP contribution in [0.2, 0.25) is 0 Å². The Morgan fingerprint density at radius 3 is 2.27 bits per heavy atom. The number of benzene rings is 4. The molecule has 37 heavy (non-hydrogen) atoms. The number of Topliss-reactive ketones (excluding diaryl/α,β-unsaturated/α-hetero) is 1. The fraction of sp³-hybridized carbons (Fsp3) is 0.100. The van der Waals surface area contributed by atoms with Crippen molar-refractivity contribution in [2.75, 3.05) is 12.0 Å². The molecule has 7 nitrogen and oxygen atoms in total. The first-order valence-electron chi connectivity index (χ1n) is 11.6. The van der Waals surface area contributed by atoms with E-state index < -0.39 is 23.7 Å². The maximum atomic E-state index is 13.4. The highest BCUT2D eigenvalue weighted by molar-refractivity contribution is 6.51. The Balaban J connectivity index is 1.71. The molecule has 1 fully saturated rings. The molecular weight excluding hydrogens is 470 g/mol. The van der Waals surface area contributed by atoms with Crippen LogP contribution in [0.4, 0.5) is 5.69 Å². The molecule has 184 valence electrons. The van der Waals surface area contributed by atoms with Gasteiger partial charge >= 0.3 is 5.97 Å². The Morgan fingerprint density at radius 2 is 1.57 bits per heavy atom. The van der Waals surface area contributed by atoms with Gasteiger partial charge in [0.05, 0.1) is 18.7 Å². The molecule has 4 aromatic rings. The first-order valence-corrected chi connectivity index (χ1v) is 11.6. The Kier molecular flexibility index (Phi) is 6.19. The molecule has 7 heteroatoms. The number of ketones is 1. The number of anilines is 1. The van der Waals surface area contributed by atoms with E-state index in [-0.39, 0.29) is 17.1 Å². The van der Waals surface area contributed by atoms with Crippen LogP contribution in [-0.4, -0.2) is 29.9 Å². The van der Waals surface area contributed by atoms with E-state index in [1.807, 2.05) is 30.3 Å². The van der Waals surface area contributed by atoms with Crippen molar-refractivity contribution in [3.8, 4) is 11.5 Å². The van der Waals surface area contributed by atoms with E-state index in [9.17, 15) is 19.5 Å². The second-order valence-corrected chi connectivity index (χ2v) is 8.60. The predicted molar refractivity (Wildman–Crippen MR) is 139 cm³/mol. The minimum Gasteiger partial charge on any atom is -0.507 e. The van der Waals surface area contributed by atoms with Crippen LogP contribution >= 0.6 is 0 Å². The first-order chi connectivity index (χ1) is 17.9. The molecule has 1 unspecified atom stereocenters. The lowest BCUT2D eigenvalue weighted by Gasteiger charge is -2.26. The van der Waals surface area contributed by atoms with Gasteiger partial charge in [0.1, 0.15) is 17.3 Å². The summed E-state index contributed by atoms with van der Waals surface area (Å²) in [6.07, 6.45) is 0. The van der Waals surface area contributed by atoms with Gasteiger partial charge in [0.15, 0.2) is 0 Å². The standard InChI is InChI=1S/C30H23NO6/c1-18(32)37-25-9-5-8-21(17-25)27-26(28(33)22-11-10-19-6-3-4-7-20(19)16-22)29(34)30(35)31(27)23-12-14-24(36-2)15-13-23/h3-17,27,33H,1-2H3/b28-26-. The lowest BCUT2D eigenvalue weighted by molar-refractivity contribution is -0.132. The third-order valence-corrected chi connectivity index (χ3v) is 6.25. The van der Waals surface area contributed by atoms with Gasteiger partial charge < -0.3 is 14.6 Å². The van der Waals surface area contributed by atoms with Crippen LogP contribution in [0.5, 0.6) is 11.5 Å². The third kappa shape index (κ3) is 4.43. The number of carbonyl (C=O) groups excluding carboxylic acids is 3. The Hall–Kier alpha value is -4.91. The molecule has 1 atom stereocenters. The van der Waals surface area contributed by atoms with Crippen molar-refractivity contribution in [1.29, 1.82) is 0 Å². The summed E-state index contributed by atoms with van der Waals surface area (Å²) in [5.74, 6) is -1.54. The van der Waals surface area contributed by atoms with Crippen LogP contribution in [-0.2, 0) is 14.4 Å². The zero-order valence-corrected chi connectivity index (χ0v) is 20.2. The molecule has 0 aliphatic carbocycles. The smallest absolute Gasteiger partial charge is 0.308 e. The van der Waals surface area contributed by atoms with Crippen molar-refractivity contribution < 1.29 is 29.0 Å². The van der Waals surface area contributed by atoms with Gasteiger partial charge in [-0.2, -0.15) is 0 Å². The molecule has 1 N–H and O–H groups in total. The molecule has 1 aliphatic rings. The second kappa shape index (κ2) is 9.62. The summed E-state index contributed by atoms with van der Waals surface area (Å²) < 4.78 is 10.5. The highest BCUT2D eigenvalue weighted by Gasteiger charge is 2.47. The summed E-state index contributed by atoms with van der Waals surface area (Å²) in [6.45, 7) is 1.29. The molecule has 0 saturated carbocycles. The Morgan fingerprint density at radius 1 is 0.838 bits per heavy atom. The van der Waals surface area contributed by atoms with Crippen LogP contribution in [0.1, 0.15) is 24.1 Å². The van der Waals surface area contributed by atoms with Crippen molar-refractivity contribution in [2.45, 2.75) is 13.0 Å². The Labute approximate surface area is 213 Å². The quantitative estimate of drug-likeness (QED) is 0.132. The van der Waals surface area contributed by atoms with Crippen LogP contribution in [0.15, 0.2) is 96.6 Å². The maximum Gasteiger partial charge on any atom is 0.308 e. The number of hydrogen-bond donors (Lipinski definition) is 1. The van der Waals surface area contributed by atoms with Gasteiger partial charge in [-0.3, -0.25) is 19.3 Å². The molecule has 1 saturated heterocycles. The number of nitrogens with zero attached hydrogens (tertiary/aromatic N) is 1. The number of aliphatic hydroxyl groups is 1. The van der Waals surface area contributed by atoms with E-state index in [4.69, 9.17) is 9.47 Å². The summed E-state index contributed by atoms with van der Waals surface area (Å²) >= 11 is 0. The summed E-state index contributed by atoms with van der Waals surface area (Å²) in [5, 5.41) is 13.3. The normalized spacial score (nSPS) is 16.7. The zero-order valence-electron chi connectivity index (χ0n) is 20.2. The maximum absolute atomic E-state index is 13.4. The van der Waals surface area contributed by atoms with E-state index in [0.29, 0.717) is 22.6 Å². The molecule has 1 amide bonds. The van der Waals surface area contributed by atoms with E-state index in [2.05, 4.69) is 0 Å². The third-order valence-electron chi connectivity index (χ3n) is 6.25. The van der Waals surface area contributed by atoms with Gasteiger partial charge in [-0.1, -0.05) is 48.5 Å². The van der Waals surface area contributed by atoms with Crippen LogP contribution in [0.25, 0.3) is 16.5 Å². The molecule has 0 spiro atoms. The molecule has 4 aromatic carbocycles. The van der Waals surface area contributed by atoms with Crippen LogP contribution in [0.3, 0.4) is 0 Å². The summed E-state index contributed by atoms with van der Waals surface area (Å²) in [5.41, 5.74) is 1.29. The van der Waals surface area contributed by atoms with E-state index in [1.54, 1.807) is 60.7 Å². The predicted octanol–water partition coefficient (Wildman–Crippen LogP) is 5.40. The fourth-order valence-electron chi connectivity index (χ4n) is 4.56. The number of carbonyl (C=O) groups is 3. The number of ether oxygens (including phenoxy) is 2. The zero-order chi connectivity index (χ0) is 26.1. The van der Waals surface area contributed by atoms with Gasteiger partial charge in [-0.05, 0) is 58.8 Å². The second-order valence-electron chi connectivity index (χ2n) is 8.60. The number of esters is 1. The number of methoxy groups -OCH3 is 1. The van der Waals surface area contributed by atoms with E-state index in [1.165, 1.54) is 18.9 Å². The summed E-state index contributed by atoms with van der Waals surface area (Å²) in [6, 6.07) is 25.3. The lowest BCUT2D eigenvalue weighted by atomic mass is 9.94. The van der Waals surface area contributed by atoms with Gasteiger partial charge in [-0.15, -0.1) is 0 Å². The minimum atomic E-state index is -0.963. The van der Waals surface area contributed by atoms with E-state index >= 15 is 0 Å². The minimum absolute atomic E-state index is 0.0592. The summed E-state index contributed by atoms with van der Waals surface area (Å²) in [7, 11) is 1.53. The molecule has 0 radical (unpaired) electrons. The number of aliphatic hydroxyl groups excluding tert-OH is 1. The van der Waals surface area contributed by atoms with Crippen LogP contribution in [0, 0.1) is 0 Å². The topological polar surface area (TPSA) is 93.1 Å². The van der Waals surface area contributed by atoms with Crippen molar-refractivity contribution in [2.24, 2.45) is 0 Å². The van der Waals surface area contributed by atoms with Gasteiger partial charge in [0, 0.05) is 18.2 Å². The van der Waals surface area contributed by atoms with E-state index in [0.717, 1.165) is 10.8 Å². The highest BCUT2D eigenvalue weighted by atomic mass is 16.5. The van der Waals surface area contributed by atoms with Gasteiger partial charge in [0.25, 0.3) is 11.7 Å². The molecule has 0 bridgehead atoms.